The molecule has 0 aliphatic rings. The number of amides is 1. The molecule has 7 heteroatoms. The van der Waals surface area contributed by atoms with Gasteiger partial charge < -0.3 is 19.7 Å². The Hall–Kier alpha value is -1.89. The Morgan fingerprint density at radius 1 is 1.58 bits per heavy atom. The number of aliphatic carboxylic acids is 1. The number of carbonyl (C=O) groups is 2. The molecule has 0 spiro atoms. The van der Waals surface area contributed by atoms with Crippen molar-refractivity contribution < 1.29 is 24.0 Å². The van der Waals surface area contributed by atoms with Crippen molar-refractivity contribution in [3.63, 3.8) is 0 Å². The monoisotopic (exact) mass is 270 g/mol. The van der Waals surface area contributed by atoms with Gasteiger partial charge in [0.15, 0.2) is 5.54 Å². The minimum absolute atomic E-state index is 0.0210. The van der Waals surface area contributed by atoms with Crippen LogP contribution in [0.25, 0.3) is 0 Å². The lowest BCUT2D eigenvalue weighted by Gasteiger charge is -2.24. The first-order valence-electron chi connectivity index (χ1n) is 5.81. The molecule has 0 saturated carbocycles. The number of rotatable bonds is 6. The molecule has 106 valence electrons. The number of carbonyl (C=O) groups excluding carboxylic acids is 1. The number of carboxylic acids is 1. The van der Waals surface area contributed by atoms with Crippen molar-refractivity contribution in [3.05, 3.63) is 17.5 Å². The van der Waals surface area contributed by atoms with Crippen LogP contribution in [-0.2, 0) is 9.53 Å². The molecular weight excluding hydrogens is 252 g/mol. The SMILES string of the molecule is COCC(C)(NC(=O)c1cc(C(C)C)no1)C(=O)O. The fraction of sp³-hybridized carbons (Fsp3) is 0.583. The Morgan fingerprint density at radius 3 is 2.63 bits per heavy atom. The molecule has 0 radical (unpaired) electrons. The molecule has 1 rings (SSSR count). The average Bonchev–Trinajstić information content (AvgIpc) is 2.78. The van der Waals surface area contributed by atoms with E-state index in [4.69, 9.17) is 14.4 Å². The lowest BCUT2D eigenvalue weighted by Crippen LogP contribution is -2.55. The molecule has 0 aliphatic heterocycles. The summed E-state index contributed by atoms with van der Waals surface area (Å²) in [5, 5.41) is 15.2. The van der Waals surface area contributed by atoms with Crippen LogP contribution in [0.3, 0.4) is 0 Å². The zero-order chi connectivity index (χ0) is 14.6. The first kappa shape index (κ1) is 15.2. The summed E-state index contributed by atoms with van der Waals surface area (Å²) in [6.45, 7) is 5.02. The predicted molar refractivity (Wildman–Crippen MR) is 66.0 cm³/mol. The van der Waals surface area contributed by atoms with Crippen LogP contribution < -0.4 is 5.32 Å². The van der Waals surface area contributed by atoms with Gasteiger partial charge in [0.2, 0.25) is 5.76 Å². The third-order valence-electron chi connectivity index (χ3n) is 2.64. The van der Waals surface area contributed by atoms with E-state index in [0.717, 1.165) is 0 Å². The van der Waals surface area contributed by atoms with Crippen molar-refractivity contribution >= 4 is 11.9 Å². The lowest BCUT2D eigenvalue weighted by molar-refractivity contribution is -0.145. The fourth-order valence-electron chi connectivity index (χ4n) is 1.42. The van der Waals surface area contributed by atoms with Gasteiger partial charge in [0.05, 0.1) is 12.3 Å². The second kappa shape index (κ2) is 5.83. The normalized spacial score (nSPS) is 14.2. The molecule has 1 amide bonds. The molecule has 1 atom stereocenters. The molecule has 19 heavy (non-hydrogen) atoms. The van der Waals surface area contributed by atoms with Crippen molar-refractivity contribution in [2.45, 2.75) is 32.2 Å². The zero-order valence-corrected chi connectivity index (χ0v) is 11.4. The number of hydrogen-bond acceptors (Lipinski definition) is 5. The number of ether oxygens (including phenoxy) is 1. The molecule has 0 saturated heterocycles. The van der Waals surface area contributed by atoms with Gasteiger partial charge in [-0.3, -0.25) is 4.79 Å². The zero-order valence-electron chi connectivity index (χ0n) is 11.4. The number of nitrogens with one attached hydrogen (secondary N) is 1. The van der Waals surface area contributed by atoms with Gasteiger partial charge in [0, 0.05) is 13.2 Å². The van der Waals surface area contributed by atoms with E-state index in [1.165, 1.54) is 20.1 Å². The summed E-state index contributed by atoms with van der Waals surface area (Å²) in [5.74, 6) is -1.73. The summed E-state index contributed by atoms with van der Waals surface area (Å²) >= 11 is 0. The van der Waals surface area contributed by atoms with E-state index in [-0.39, 0.29) is 18.3 Å². The van der Waals surface area contributed by atoms with Gasteiger partial charge in [-0.05, 0) is 12.8 Å². The van der Waals surface area contributed by atoms with Crippen LogP contribution in [0.4, 0.5) is 0 Å². The average molecular weight is 270 g/mol. The van der Waals surface area contributed by atoms with E-state index in [1.807, 2.05) is 13.8 Å². The highest BCUT2D eigenvalue weighted by atomic mass is 16.5. The molecular formula is C12H18N2O5. The second-order valence-corrected chi connectivity index (χ2v) is 4.80. The van der Waals surface area contributed by atoms with E-state index >= 15 is 0 Å². The quantitative estimate of drug-likeness (QED) is 0.800. The Balaban J connectivity index is 2.85. The van der Waals surface area contributed by atoms with Crippen molar-refractivity contribution in [3.8, 4) is 0 Å². The smallest absolute Gasteiger partial charge is 0.331 e. The number of hydrogen-bond donors (Lipinski definition) is 2. The Bertz CT molecular complexity index is 468. The molecule has 0 aromatic carbocycles. The molecule has 1 aromatic rings. The summed E-state index contributed by atoms with van der Waals surface area (Å²) < 4.78 is 9.70. The second-order valence-electron chi connectivity index (χ2n) is 4.80. The maximum absolute atomic E-state index is 11.9. The van der Waals surface area contributed by atoms with Crippen LogP contribution in [0.2, 0.25) is 0 Å². The number of carboxylic acid groups (broad SMARTS) is 1. The minimum Gasteiger partial charge on any atom is -0.479 e. The van der Waals surface area contributed by atoms with E-state index in [1.54, 1.807) is 0 Å². The van der Waals surface area contributed by atoms with Gasteiger partial charge >= 0.3 is 5.97 Å². The van der Waals surface area contributed by atoms with E-state index in [9.17, 15) is 9.59 Å². The number of methoxy groups -OCH3 is 1. The third-order valence-corrected chi connectivity index (χ3v) is 2.64. The van der Waals surface area contributed by atoms with Crippen LogP contribution in [0.5, 0.6) is 0 Å². The summed E-state index contributed by atoms with van der Waals surface area (Å²) in [4.78, 5) is 23.1. The summed E-state index contributed by atoms with van der Waals surface area (Å²) in [6.07, 6.45) is 0. The van der Waals surface area contributed by atoms with Crippen LogP contribution in [0, 0.1) is 0 Å². The van der Waals surface area contributed by atoms with Crippen LogP contribution >= 0.6 is 0 Å². The van der Waals surface area contributed by atoms with Crippen molar-refractivity contribution in [2.24, 2.45) is 0 Å². The standard InChI is InChI=1S/C12H18N2O5/c1-7(2)8-5-9(19-14-8)10(15)13-12(3,6-18-4)11(16)17/h5,7H,6H2,1-4H3,(H,13,15)(H,16,17). The number of aromatic nitrogens is 1. The third kappa shape index (κ3) is 3.54. The number of nitrogens with zero attached hydrogens (tertiary/aromatic N) is 1. The summed E-state index contributed by atoms with van der Waals surface area (Å²) in [6, 6.07) is 1.50. The first-order valence-corrected chi connectivity index (χ1v) is 5.81. The van der Waals surface area contributed by atoms with Crippen LogP contribution in [0.15, 0.2) is 10.6 Å². The predicted octanol–water partition coefficient (Wildman–Crippen LogP) is 1.02. The fourth-order valence-corrected chi connectivity index (χ4v) is 1.42. The Morgan fingerprint density at radius 2 is 2.21 bits per heavy atom. The highest BCUT2D eigenvalue weighted by Crippen LogP contribution is 2.15. The van der Waals surface area contributed by atoms with Crippen LogP contribution in [0.1, 0.15) is 42.9 Å². The maximum atomic E-state index is 11.9. The Kier molecular flexibility index (Phi) is 4.66. The molecule has 0 fully saturated rings. The molecule has 2 N–H and O–H groups in total. The molecule has 0 aliphatic carbocycles. The topological polar surface area (TPSA) is 102 Å². The van der Waals surface area contributed by atoms with E-state index in [2.05, 4.69) is 10.5 Å². The highest BCUT2D eigenvalue weighted by molar-refractivity contribution is 5.95. The molecule has 0 bridgehead atoms. The maximum Gasteiger partial charge on any atom is 0.331 e. The summed E-state index contributed by atoms with van der Waals surface area (Å²) in [7, 11) is 1.36. The Labute approximate surface area is 110 Å². The van der Waals surface area contributed by atoms with Gasteiger partial charge in [0.25, 0.3) is 5.91 Å². The molecule has 1 aromatic heterocycles. The minimum atomic E-state index is -1.52. The molecule has 1 unspecified atom stereocenters. The largest absolute Gasteiger partial charge is 0.479 e. The van der Waals surface area contributed by atoms with Gasteiger partial charge in [-0.15, -0.1) is 0 Å². The molecule has 1 heterocycles. The summed E-state index contributed by atoms with van der Waals surface area (Å²) in [5.41, 5.74) is -0.884. The lowest BCUT2D eigenvalue weighted by atomic mass is 10.0. The van der Waals surface area contributed by atoms with E-state index < -0.39 is 17.4 Å². The van der Waals surface area contributed by atoms with Gasteiger partial charge in [-0.1, -0.05) is 19.0 Å². The van der Waals surface area contributed by atoms with Crippen LogP contribution in [-0.4, -0.2) is 41.4 Å². The van der Waals surface area contributed by atoms with Gasteiger partial charge in [-0.25, -0.2) is 4.79 Å². The van der Waals surface area contributed by atoms with Gasteiger partial charge in [-0.2, -0.15) is 0 Å². The van der Waals surface area contributed by atoms with Crippen molar-refractivity contribution in [2.75, 3.05) is 13.7 Å². The molecule has 7 nitrogen and oxygen atoms in total. The van der Waals surface area contributed by atoms with E-state index in [0.29, 0.717) is 5.69 Å². The van der Waals surface area contributed by atoms with Crippen molar-refractivity contribution in [1.82, 2.24) is 10.5 Å². The first-order chi connectivity index (χ1) is 8.80. The van der Waals surface area contributed by atoms with Crippen molar-refractivity contribution in [1.29, 1.82) is 0 Å². The van der Waals surface area contributed by atoms with Gasteiger partial charge in [0.1, 0.15) is 0 Å². The highest BCUT2D eigenvalue weighted by Gasteiger charge is 2.36.